The molecular weight excluding hydrogens is 669 g/mol. The van der Waals surface area contributed by atoms with Gasteiger partial charge in [-0.05, 0) is 78.3 Å². The van der Waals surface area contributed by atoms with E-state index in [2.05, 4.69) is 68.8 Å². The van der Waals surface area contributed by atoms with Gasteiger partial charge in [0.15, 0.2) is 16.0 Å². The lowest BCUT2D eigenvalue weighted by Crippen LogP contribution is -2.38. The molecule has 3 aromatic carbocycles. The summed E-state index contributed by atoms with van der Waals surface area (Å²) in [5.74, 6) is -0.486. The molecule has 3 aromatic heterocycles. The highest BCUT2D eigenvalue weighted by Gasteiger charge is 2.27. The third-order valence-electron chi connectivity index (χ3n) is 8.49. The first-order valence-electron chi connectivity index (χ1n) is 16.7. The molecule has 2 N–H and O–H groups in total. The molecule has 1 amide bonds. The molecule has 12 heteroatoms. The molecular formula is C38H39N6O4S2+. The van der Waals surface area contributed by atoms with E-state index < -0.39 is 5.97 Å². The zero-order chi connectivity index (χ0) is 34.8. The van der Waals surface area contributed by atoms with Gasteiger partial charge < -0.3 is 14.7 Å². The number of carboxylic acid groups (broad SMARTS) is 1. The number of carbonyl (C=O) groups excluding carboxylic acids is 1. The van der Waals surface area contributed by atoms with Crippen LogP contribution >= 0.6 is 22.7 Å². The quantitative estimate of drug-likeness (QED) is 0.107. The van der Waals surface area contributed by atoms with Crippen LogP contribution in [0.1, 0.15) is 64.0 Å². The number of para-hydroxylation sites is 1. The maximum atomic E-state index is 13.5. The van der Waals surface area contributed by atoms with Crippen molar-refractivity contribution >= 4 is 55.0 Å². The van der Waals surface area contributed by atoms with Gasteiger partial charge in [0.05, 0.1) is 23.4 Å². The molecule has 10 nitrogen and oxygen atoms in total. The fourth-order valence-electron chi connectivity index (χ4n) is 6.18. The smallest absolute Gasteiger partial charge is 0.355 e. The van der Waals surface area contributed by atoms with Crippen LogP contribution in [0.4, 0.5) is 10.3 Å². The molecule has 50 heavy (non-hydrogen) atoms. The molecule has 4 heterocycles. The second kappa shape index (κ2) is 14.0. The van der Waals surface area contributed by atoms with E-state index in [1.807, 2.05) is 66.7 Å². The van der Waals surface area contributed by atoms with E-state index in [0.717, 1.165) is 50.6 Å². The molecule has 256 valence electrons. The number of thiazole rings is 2. The van der Waals surface area contributed by atoms with Crippen LogP contribution in [-0.2, 0) is 25.9 Å². The number of nitrogens with one attached hydrogen (secondary N) is 1. The number of hydrogen-bond donors (Lipinski definition) is 2. The van der Waals surface area contributed by atoms with E-state index in [4.69, 9.17) is 4.74 Å². The Hall–Kier alpha value is -5.07. The number of anilines is 2. The van der Waals surface area contributed by atoms with Crippen molar-refractivity contribution in [1.29, 1.82) is 0 Å². The average Bonchev–Trinajstić information content (AvgIpc) is 3.84. The van der Waals surface area contributed by atoms with Crippen molar-refractivity contribution < 1.29 is 24.0 Å². The van der Waals surface area contributed by atoms with Crippen LogP contribution in [0.2, 0.25) is 0 Å². The summed E-state index contributed by atoms with van der Waals surface area (Å²) in [6.07, 6.45) is 8.13. The van der Waals surface area contributed by atoms with Gasteiger partial charge in [0, 0.05) is 23.5 Å². The predicted octanol–water partition coefficient (Wildman–Crippen LogP) is 7.40. The van der Waals surface area contributed by atoms with Gasteiger partial charge in [0.1, 0.15) is 23.8 Å². The summed E-state index contributed by atoms with van der Waals surface area (Å²) in [6, 6.07) is 21.6. The van der Waals surface area contributed by atoms with Crippen molar-refractivity contribution in [3.8, 4) is 11.4 Å². The van der Waals surface area contributed by atoms with Crippen LogP contribution in [0.25, 0.3) is 15.9 Å². The number of benzene rings is 3. The third-order valence-corrected chi connectivity index (χ3v) is 10.6. The van der Waals surface area contributed by atoms with Crippen LogP contribution in [0.3, 0.4) is 0 Å². The standard InChI is InChI=1S/C38H38N6O4S2/c1-38(2,3)23-42-19-20-44(24-42)26-13-15-27(16-14-26)48-21-7-12-32-33(35(46)47)40-37(50-32)43-18-17-25-8-6-9-28(29(25)22-43)34(45)41-36-39-30-10-4-5-11-31(30)49-36/h4-6,8-11,13-16,19-20,24H,7,12,17-18,21-23H2,1-3H3,(H-,39,41,45,46,47)/p+1. The highest BCUT2D eigenvalue weighted by molar-refractivity contribution is 7.22. The second-order valence-electron chi connectivity index (χ2n) is 13.6. The molecule has 0 spiro atoms. The molecule has 0 saturated carbocycles. The predicted molar refractivity (Wildman–Crippen MR) is 197 cm³/mol. The monoisotopic (exact) mass is 707 g/mol. The van der Waals surface area contributed by atoms with Gasteiger partial charge in [-0.15, -0.1) is 11.3 Å². The number of fused-ring (bicyclic) bond motifs is 2. The minimum atomic E-state index is -1.04. The number of carbonyl (C=O) groups is 2. The van der Waals surface area contributed by atoms with Gasteiger partial charge in [0.25, 0.3) is 5.91 Å². The van der Waals surface area contributed by atoms with Gasteiger partial charge in [-0.25, -0.2) is 23.9 Å². The number of rotatable bonds is 11. The molecule has 6 aromatic rings. The highest BCUT2D eigenvalue weighted by Crippen LogP contribution is 2.33. The maximum absolute atomic E-state index is 13.5. The lowest BCUT2D eigenvalue weighted by Gasteiger charge is -2.29. The lowest BCUT2D eigenvalue weighted by atomic mass is 9.94. The van der Waals surface area contributed by atoms with Crippen molar-refractivity contribution in [2.75, 3.05) is 23.4 Å². The molecule has 1 aliphatic heterocycles. The van der Waals surface area contributed by atoms with Gasteiger partial charge in [-0.1, -0.05) is 56.4 Å². The number of amides is 1. The summed E-state index contributed by atoms with van der Waals surface area (Å²) in [6.45, 7) is 9.19. The Morgan fingerprint density at radius 3 is 2.62 bits per heavy atom. The molecule has 0 saturated heterocycles. The SMILES string of the molecule is CC(C)(C)C[n+]1ccn(-c2ccc(OCCCc3sc(N4CCc5cccc(C(=O)Nc6nc7ccccc7s6)c5C4)nc3C(=O)O)cc2)c1. The molecule has 7 rings (SSSR count). The Labute approximate surface area is 298 Å². The summed E-state index contributed by atoms with van der Waals surface area (Å²) in [7, 11) is 0. The summed E-state index contributed by atoms with van der Waals surface area (Å²) in [4.78, 5) is 37.6. The number of nitrogens with zero attached hydrogens (tertiary/aromatic N) is 5. The Kier molecular flexibility index (Phi) is 9.39. The Bertz CT molecular complexity index is 2130. The molecule has 0 aliphatic carbocycles. The van der Waals surface area contributed by atoms with E-state index in [0.29, 0.717) is 48.4 Å². The minimum Gasteiger partial charge on any atom is -0.494 e. The van der Waals surface area contributed by atoms with Gasteiger partial charge in [-0.3, -0.25) is 10.1 Å². The Morgan fingerprint density at radius 1 is 1.02 bits per heavy atom. The first-order valence-corrected chi connectivity index (χ1v) is 18.3. The molecule has 0 radical (unpaired) electrons. The molecule has 1 aliphatic rings. The third kappa shape index (κ3) is 7.56. The topological polar surface area (TPSA) is 113 Å². The number of aryl methyl sites for hydroxylation is 1. The lowest BCUT2D eigenvalue weighted by molar-refractivity contribution is -0.707. The van der Waals surface area contributed by atoms with Crippen LogP contribution < -0.4 is 19.5 Å². The first kappa shape index (κ1) is 33.4. The number of aromatic nitrogens is 4. The Balaban J connectivity index is 0.976. The van der Waals surface area contributed by atoms with E-state index >= 15 is 0 Å². The minimum absolute atomic E-state index is 0.0810. The molecule has 0 unspecified atom stereocenters. The zero-order valence-electron chi connectivity index (χ0n) is 28.3. The van der Waals surface area contributed by atoms with Crippen LogP contribution in [0.5, 0.6) is 5.75 Å². The van der Waals surface area contributed by atoms with E-state index in [9.17, 15) is 14.7 Å². The number of aromatic carboxylic acids is 1. The fourth-order valence-corrected chi connectivity index (χ4v) is 8.16. The maximum Gasteiger partial charge on any atom is 0.355 e. The van der Waals surface area contributed by atoms with Gasteiger partial charge in [-0.2, -0.15) is 0 Å². The molecule has 0 bridgehead atoms. The first-order chi connectivity index (χ1) is 24.1. The van der Waals surface area contributed by atoms with E-state index in [1.54, 1.807) is 0 Å². The average molecular weight is 708 g/mol. The summed E-state index contributed by atoms with van der Waals surface area (Å²) in [5, 5.41) is 14.2. The number of hydrogen-bond acceptors (Lipinski definition) is 8. The number of ether oxygens (including phenoxy) is 1. The zero-order valence-corrected chi connectivity index (χ0v) is 29.9. The highest BCUT2D eigenvalue weighted by atomic mass is 32.1. The van der Waals surface area contributed by atoms with E-state index in [1.165, 1.54) is 22.7 Å². The normalized spacial score (nSPS) is 13.0. The van der Waals surface area contributed by atoms with E-state index in [-0.39, 0.29) is 17.0 Å². The van der Waals surface area contributed by atoms with Crippen molar-refractivity contribution in [2.24, 2.45) is 5.41 Å². The largest absolute Gasteiger partial charge is 0.494 e. The fraction of sp³-hybridized carbons (Fsp3) is 0.289. The van der Waals surface area contributed by atoms with Crippen molar-refractivity contribution in [3.05, 3.63) is 113 Å². The van der Waals surface area contributed by atoms with Crippen molar-refractivity contribution in [2.45, 2.75) is 53.1 Å². The van der Waals surface area contributed by atoms with Crippen LogP contribution in [0, 0.1) is 5.41 Å². The van der Waals surface area contributed by atoms with Gasteiger partial charge in [0.2, 0.25) is 6.33 Å². The molecule has 0 atom stereocenters. The number of imidazole rings is 1. The summed E-state index contributed by atoms with van der Waals surface area (Å²) in [5.41, 5.74) is 4.79. The van der Waals surface area contributed by atoms with Crippen molar-refractivity contribution in [1.82, 2.24) is 14.5 Å². The second-order valence-corrected chi connectivity index (χ2v) is 15.7. The summed E-state index contributed by atoms with van der Waals surface area (Å²) < 4.78 is 11.3. The Morgan fingerprint density at radius 2 is 1.84 bits per heavy atom. The van der Waals surface area contributed by atoms with Crippen LogP contribution in [0.15, 0.2) is 85.5 Å². The number of carboxylic acids is 1. The van der Waals surface area contributed by atoms with Gasteiger partial charge >= 0.3 is 5.97 Å². The van der Waals surface area contributed by atoms with Crippen molar-refractivity contribution in [3.63, 3.8) is 0 Å². The molecule has 0 fully saturated rings. The van der Waals surface area contributed by atoms with Crippen LogP contribution in [-0.4, -0.2) is 44.7 Å². The summed E-state index contributed by atoms with van der Waals surface area (Å²) >= 11 is 2.85.